The van der Waals surface area contributed by atoms with Crippen LogP contribution in [0, 0.1) is 23.1 Å². The Hall–Kier alpha value is -3.01. The lowest BCUT2D eigenvalue weighted by Gasteiger charge is -2.39. The number of carbonyl (C=O) groups is 4. The molecule has 2 saturated heterocycles. The van der Waals surface area contributed by atoms with Crippen molar-refractivity contribution in [2.75, 3.05) is 31.1 Å². The zero-order valence-corrected chi connectivity index (χ0v) is 27.8. The number of hydrogen-bond donors (Lipinski definition) is 1. The van der Waals surface area contributed by atoms with Gasteiger partial charge in [0.2, 0.25) is 23.6 Å². The van der Waals surface area contributed by atoms with Gasteiger partial charge < -0.3 is 15.1 Å². The van der Waals surface area contributed by atoms with E-state index in [1.165, 1.54) is 17.0 Å². The summed E-state index contributed by atoms with van der Waals surface area (Å²) in [4.78, 5) is 61.2. The van der Waals surface area contributed by atoms with Crippen LogP contribution in [-0.4, -0.2) is 71.7 Å². The van der Waals surface area contributed by atoms with Crippen LogP contribution in [0.4, 0.5) is 10.1 Å². The van der Waals surface area contributed by atoms with E-state index >= 15 is 9.18 Å². The molecule has 0 aromatic heterocycles. The first-order valence-electron chi connectivity index (χ1n) is 16.3. The van der Waals surface area contributed by atoms with Crippen molar-refractivity contribution in [1.29, 1.82) is 0 Å². The van der Waals surface area contributed by atoms with Gasteiger partial charge >= 0.3 is 0 Å². The van der Waals surface area contributed by atoms with Crippen LogP contribution in [-0.2, 0) is 24.6 Å². The molecule has 0 bridgehead atoms. The van der Waals surface area contributed by atoms with Gasteiger partial charge in [-0.3, -0.25) is 19.2 Å². The summed E-state index contributed by atoms with van der Waals surface area (Å²) in [5.41, 5.74) is -0.535. The number of nitrogens with zero attached hydrogens (tertiary/aromatic N) is 3. The lowest BCUT2D eigenvalue weighted by molar-refractivity contribution is -0.141. The van der Waals surface area contributed by atoms with Crippen LogP contribution in [0.2, 0.25) is 10.0 Å². The van der Waals surface area contributed by atoms with Crippen molar-refractivity contribution in [3.63, 3.8) is 0 Å². The summed E-state index contributed by atoms with van der Waals surface area (Å²) < 4.78 is 15.5. The summed E-state index contributed by atoms with van der Waals surface area (Å²) >= 11 is 12.9. The van der Waals surface area contributed by atoms with Crippen LogP contribution in [0.25, 0.3) is 0 Å². The molecule has 4 atom stereocenters. The fourth-order valence-electron chi connectivity index (χ4n) is 7.89. The van der Waals surface area contributed by atoms with Crippen molar-refractivity contribution in [1.82, 2.24) is 15.1 Å². The number of amides is 4. The molecule has 1 spiro atoms. The zero-order valence-electron chi connectivity index (χ0n) is 26.3. The maximum atomic E-state index is 15.5. The average molecular weight is 670 g/mol. The summed E-state index contributed by atoms with van der Waals surface area (Å²) in [5, 5.41) is 3.84. The molecule has 3 heterocycles. The standard InChI is InChI=1S/C35H39Cl2FN4O4/c1-34(2,3)18-27-35(23-16-25(38)24(37)17-26(23)42(33(35)46)31(44)20-9-10-20)28(21-5-4-6-22(36)15-21)29(39-27)32(45)41-13-11-40(12-14-41)30(43)19-7-8-19/h4-6,15-17,19-20,27-29,39H,7-14,18H2,1-3H3/t27-,28+,29-,35+/m1/s1. The van der Waals surface area contributed by atoms with Crippen molar-refractivity contribution in [3.05, 3.63) is 63.4 Å². The van der Waals surface area contributed by atoms with Crippen LogP contribution >= 0.6 is 23.2 Å². The maximum absolute atomic E-state index is 15.5. The summed E-state index contributed by atoms with van der Waals surface area (Å²) in [5.74, 6) is -2.54. The quantitative estimate of drug-likeness (QED) is 0.437. The Morgan fingerprint density at radius 1 is 0.913 bits per heavy atom. The van der Waals surface area contributed by atoms with E-state index in [9.17, 15) is 14.4 Å². The van der Waals surface area contributed by atoms with E-state index in [1.54, 1.807) is 23.1 Å². The number of halogens is 3. The number of benzene rings is 2. The summed E-state index contributed by atoms with van der Waals surface area (Å²) in [7, 11) is 0. The first-order valence-corrected chi connectivity index (χ1v) is 17.0. The van der Waals surface area contributed by atoms with Crippen LogP contribution < -0.4 is 10.2 Å². The van der Waals surface area contributed by atoms with Crippen molar-refractivity contribution >= 4 is 52.5 Å². The van der Waals surface area contributed by atoms with Crippen molar-refractivity contribution in [2.24, 2.45) is 17.3 Å². The van der Waals surface area contributed by atoms with Crippen LogP contribution in [0.15, 0.2) is 36.4 Å². The van der Waals surface area contributed by atoms with Crippen molar-refractivity contribution in [2.45, 2.75) is 76.3 Å². The van der Waals surface area contributed by atoms with Gasteiger partial charge in [0.25, 0.3) is 0 Å². The number of rotatable bonds is 5. The minimum Gasteiger partial charge on any atom is -0.339 e. The first kappa shape index (κ1) is 31.6. The Morgan fingerprint density at radius 2 is 1.52 bits per heavy atom. The largest absolute Gasteiger partial charge is 0.339 e. The Kier molecular flexibility index (Phi) is 7.76. The topological polar surface area (TPSA) is 90.0 Å². The second kappa shape index (κ2) is 11.3. The highest BCUT2D eigenvalue weighted by molar-refractivity contribution is 6.32. The molecule has 0 unspecified atom stereocenters. The van der Waals surface area contributed by atoms with E-state index in [1.807, 2.05) is 11.0 Å². The maximum Gasteiger partial charge on any atom is 0.246 e. The van der Waals surface area contributed by atoms with E-state index in [0.717, 1.165) is 12.8 Å². The molecule has 11 heteroatoms. The first-order chi connectivity index (χ1) is 21.8. The number of hydrogen-bond acceptors (Lipinski definition) is 5. The predicted molar refractivity (Wildman–Crippen MR) is 173 cm³/mol. The van der Waals surface area contributed by atoms with E-state index in [2.05, 4.69) is 26.1 Å². The van der Waals surface area contributed by atoms with Gasteiger partial charge in [-0.2, -0.15) is 0 Å². The summed E-state index contributed by atoms with van der Waals surface area (Å²) in [6.45, 7) is 7.79. The molecule has 3 aliphatic heterocycles. The van der Waals surface area contributed by atoms with Crippen molar-refractivity contribution in [3.8, 4) is 0 Å². The molecule has 0 radical (unpaired) electrons. The third-order valence-corrected chi connectivity index (χ3v) is 10.8. The van der Waals surface area contributed by atoms with Crippen LogP contribution in [0.3, 0.4) is 0 Å². The molecule has 4 fully saturated rings. The second-order valence-electron chi connectivity index (χ2n) is 14.8. The van der Waals surface area contributed by atoms with Gasteiger partial charge in [-0.25, -0.2) is 9.29 Å². The third-order valence-electron chi connectivity index (χ3n) is 10.3. The Bertz CT molecular complexity index is 1630. The summed E-state index contributed by atoms with van der Waals surface area (Å²) in [6, 6.07) is 8.26. The van der Waals surface area contributed by atoms with Crippen LogP contribution in [0.1, 0.15) is 69.9 Å². The SMILES string of the molecule is CC(C)(C)C[C@H]1N[C@@H](C(=O)N2CCN(C(=O)C3CC3)CC2)[C@H](c2cccc(Cl)c2)[C@@]12C(=O)N(C(=O)C1CC1)c1cc(Cl)c(F)cc12. The molecule has 2 aromatic rings. The molecule has 7 rings (SSSR count). The highest BCUT2D eigenvalue weighted by atomic mass is 35.5. The molecule has 4 amide bonds. The van der Waals surface area contributed by atoms with Gasteiger partial charge in [-0.15, -0.1) is 0 Å². The number of anilines is 1. The highest BCUT2D eigenvalue weighted by Gasteiger charge is 2.69. The number of piperazine rings is 1. The zero-order chi connectivity index (χ0) is 32.7. The van der Waals surface area contributed by atoms with E-state index in [4.69, 9.17) is 23.2 Å². The Morgan fingerprint density at radius 3 is 2.11 bits per heavy atom. The molecule has 46 heavy (non-hydrogen) atoms. The molecule has 2 saturated carbocycles. The lowest BCUT2D eigenvalue weighted by atomic mass is 9.62. The van der Waals surface area contributed by atoms with Crippen molar-refractivity contribution < 1.29 is 23.6 Å². The lowest BCUT2D eigenvalue weighted by Crippen LogP contribution is -2.55. The van der Waals surface area contributed by atoms with Gasteiger partial charge in [0, 0.05) is 55.0 Å². The minimum absolute atomic E-state index is 0.104. The van der Waals surface area contributed by atoms with Gasteiger partial charge in [-0.1, -0.05) is 56.1 Å². The monoisotopic (exact) mass is 668 g/mol. The molecule has 2 aliphatic carbocycles. The number of imide groups is 1. The molecule has 2 aromatic carbocycles. The molecule has 1 N–H and O–H groups in total. The van der Waals surface area contributed by atoms with Crippen LogP contribution in [0.5, 0.6) is 0 Å². The number of carbonyl (C=O) groups excluding carboxylic acids is 4. The molecule has 244 valence electrons. The van der Waals surface area contributed by atoms with Gasteiger partial charge in [0.05, 0.1) is 16.8 Å². The summed E-state index contributed by atoms with van der Waals surface area (Å²) in [6.07, 6.45) is 3.65. The second-order valence-corrected chi connectivity index (χ2v) is 15.7. The van der Waals surface area contributed by atoms with Gasteiger partial charge in [0.1, 0.15) is 11.2 Å². The van der Waals surface area contributed by atoms with Gasteiger partial charge in [0.15, 0.2) is 0 Å². The molecular formula is C35H39Cl2FN4O4. The molecular weight excluding hydrogens is 630 g/mol. The molecule has 5 aliphatic rings. The normalized spacial score (nSPS) is 27.8. The fourth-order valence-corrected chi connectivity index (χ4v) is 8.25. The Balaban J connectivity index is 1.37. The number of nitrogens with one attached hydrogen (secondary N) is 1. The van der Waals surface area contributed by atoms with Gasteiger partial charge in [-0.05, 0) is 72.9 Å². The minimum atomic E-state index is -1.51. The van der Waals surface area contributed by atoms with E-state index < -0.39 is 35.1 Å². The number of fused-ring (bicyclic) bond motifs is 2. The smallest absolute Gasteiger partial charge is 0.246 e. The van der Waals surface area contributed by atoms with E-state index in [-0.39, 0.29) is 45.7 Å². The van der Waals surface area contributed by atoms with E-state index in [0.29, 0.717) is 61.6 Å². The average Bonchev–Trinajstić information content (AvgIpc) is 3.94. The predicted octanol–water partition coefficient (Wildman–Crippen LogP) is 5.29. The fraction of sp³-hybridized carbons (Fsp3) is 0.543. The Labute approximate surface area is 278 Å². The third kappa shape index (κ3) is 5.23. The highest BCUT2D eigenvalue weighted by Crippen LogP contribution is 2.59. The molecule has 8 nitrogen and oxygen atoms in total.